The molecule has 292 valence electrons. The molecule has 2 heterocycles. The SMILES string of the molecule is c1ccc(C2=C(c3ccccc3)c3cccc4c3c3c5c2cccc5ccc3n4-c2ccc(-c3nc(-c4ccccc4)nc(-c4ccc5ccccc5c4)n3)c3ccccc23)cc1. The zero-order valence-electron chi connectivity index (χ0n) is 34.1. The molecular weight excluding hydrogens is 765 g/mol. The molecule has 0 bridgehead atoms. The average molecular weight is 801 g/mol. The van der Waals surface area contributed by atoms with E-state index in [0.717, 1.165) is 44.1 Å². The molecule has 0 spiro atoms. The van der Waals surface area contributed by atoms with Crippen molar-refractivity contribution >= 4 is 65.3 Å². The van der Waals surface area contributed by atoms with Crippen molar-refractivity contribution in [2.75, 3.05) is 0 Å². The Bertz CT molecular complexity index is 3830. The summed E-state index contributed by atoms with van der Waals surface area (Å²) in [7, 11) is 0. The highest BCUT2D eigenvalue weighted by molar-refractivity contribution is 6.31. The maximum absolute atomic E-state index is 5.25. The molecule has 10 aromatic carbocycles. The van der Waals surface area contributed by atoms with Gasteiger partial charge in [-0.1, -0.05) is 188 Å². The molecule has 0 amide bonds. The molecule has 2 aromatic heterocycles. The molecule has 1 aliphatic rings. The molecule has 0 N–H and O–H groups in total. The third-order valence-electron chi connectivity index (χ3n) is 12.8. The fraction of sp³-hybridized carbons (Fsp3) is 0. The van der Waals surface area contributed by atoms with Crippen LogP contribution < -0.4 is 0 Å². The number of benzene rings is 10. The van der Waals surface area contributed by atoms with Crippen LogP contribution >= 0.6 is 0 Å². The summed E-state index contributed by atoms with van der Waals surface area (Å²) in [6, 6.07) is 78.2. The molecule has 13 rings (SSSR count). The van der Waals surface area contributed by atoms with Gasteiger partial charge in [0.2, 0.25) is 0 Å². The van der Waals surface area contributed by atoms with Gasteiger partial charge in [-0.05, 0) is 90.7 Å². The van der Waals surface area contributed by atoms with Crippen molar-refractivity contribution in [3.8, 4) is 39.9 Å². The second kappa shape index (κ2) is 14.1. The van der Waals surface area contributed by atoms with Crippen LogP contribution in [0, 0.1) is 0 Å². The van der Waals surface area contributed by atoms with Crippen LogP contribution in [0.2, 0.25) is 0 Å². The minimum absolute atomic E-state index is 0.635. The Kier molecular flexibility index (Phi) is 7.87. The molecule has 0 atom stereocenters. The van der Waals surface area contributed by atoms with Gasteiger partial charge in [-0.3, -0.25) is 0 Å². The van der Waals surface area contributed by atoms with Crippen LogP contribution in [-0.4, -0.2) is 19.5 Å². The quantitative estimate of drug-likeness (QED) is 0.168. The van der Waals surface area contributed by atoms with E-state index in [1.807, 2.05) is 18.2 Å². The largest absolute Gasteiger partial charge is 0.309 e. The van der Waals surface area contributed by atoms with Gasteiger partial charge in [0.25, 0.3) is 0 Å². The Hall–Kier alpha value is -8.47. The summed E-state index contributed by atoms with van der Waals surface area (Å²) in [5, 5.41) is 9.53. The van der Waals surface area contributed by atoms with Gasteiger partial charge in [-0.25, -0.2) is 15.0 Å². The number of hydrogen-bond acceptors (Lipinski definition) is 3. The Morgan fingerprint density at radius 2 is 0.825 bits per heavy atom. The van der Waals surface area contributed by atoms with Gasteiger partial charge >= 0.3 is 0 Å². The Morgan fingerprint density at radius 3 is 1.56 bits per heavy atom. The van der Waals surface area contributed by atoms with E-state index in [1.54, 1.807) is 0 Å². The smallest absolute Gasteiger partial charge is 0.164 e. The zero-order valence-corrected chi connectivity index (χ0v) is 34.1. The first kappa shape index (κ1) is 35.3. The maximum Gasteiger partial charge on any atom is 0.164 e. The van der Waals surface area contributed by atoms with E-state index in [1.165, 1.54) is 65.8 Å². The van der Waals surface area contributed by atoms with Crippen LogP contribution in [0.5, 0.6) is 0 Å². The fourth-order valence-electron chi connectivity index (χ4n) is 10.0. The van der Waals surface area contributed by atoms with E-state index < -0.39 is 0 Å². The van der Waals surface area contributed by atoms with Crippen LogP contribution in [0.25, 0.3) is 105 Å². The lowest BCUT2D eigenvalue weighted by Gasteiger charge is -2.19. The standard InChI is InChI=1S/C59H36N4/c1-4-17-38(18-5-1)52-47-27-14-24-40-32-34-51-56(54(40)47)55-48(53(52)39-19-6-2-7-20-39)28-15-29-50(55)63(51)49-35-33-46(44-25-12-13-26-45(44)49)59-61-57(41-21-8-3-9-22-41)60-58(62-59)43-31-30-37-16-10-11-23-42(37)36-43/h1-36H. The molecule has 4 heteroatoms. The number of rotatable bonds is 6. The lowest BCUT2D eigenvalue weighted by molar-refractivity contribution is 1.08. The Morgan fingerprint density at radius 1 is 0.286 bits per heavy atom. The summed E-state index contributed by atoms with van der Waals surface area (Å²) in [4.78, 5) is 15.5. The minimum Gasteiger partial charge on any atom is -0.309 e. The van der Waals surface area contributed by atoms with Crippen molar-refractivity contribution in [1.82, 2.24) is 19.5 Å². The summed E-state index contributed by atoms with van der Waals surface area (Å²) in [5.74, 6) is 1.92. The minimum atomic E-state index is 0.635. The predicted molar refractivity (Wildman–Crippen MR) is 261 cm³/mol. The molecule has 4 nitrogen and oxygen atoms in total. The Balaban J connectivity index is 1.08. The lowest BCUT2D eigenvalue weighted by Crippen LogP contribution is -2.02. The van der Waals surface area contributed by atoms with E-state index in [-0.39, 0.29) is 0 Å². The first-order valence-corrected chi connectivity index (χ1v) is 21.4. The summed E-state index contributed by atoms with van der Waals surface area (Å²) in [6.07, 6.45) is 0. The molecule has 63 heavy (non-hydrogen) atoms. The predicted octanol–water partition coefficient (Wildman–Crippen LogP) is 14.8. The van der Waals surface area contributed by atoms with Gasteiger partial charge < -0.3 is 4.57 Å². The van der Waals surface area contributed by atoms with E-state index >= 15 is 0 Å². The van der Waals surface area contributed by atoms with Crippen molar-refractivity contribution in [2.24, 2.45) is 0 Å². The average Bonchev–Trinajstić information content (AvgIpc) is 3.63. The molecule has 0 saturated heterocycles. The van der Waals surface area contributed by atoms with Crippen LogP contribution in [0.3, 0.4) is 0 Å². The van der Waals surface area contributed by atoms with Crippen molar-refractivity contribution < 1.29 is 0 Å². The molecule has 0 unspecified atom stereocenters. The topological polar surface area (TPSA) is 43.6 Å². The summed E-state index contributed by atoms with van der Waals surface area (Å²) in [5.41, 5.74) is 13.6. The molecule has 1 aliphatic carbocycles. The van der Waals surface area contributed by atoms with Crippen molar-refractivity contribution in [3.05, 3.63) is 241 Å². The Labute approximate surface area is 363 Å². The highest BCUT2D eigenvalue weighted by Gasteiger charge is 2.28. The first-order chi connectivity index (χ1) is 31.3. The fourth-order valence-corrected chi connectivity index (χ4v) is 10.0. The molecule has 0 fully saturated rings. The van der Waals surface area contributed by atoms with Gasteiger partial charge in [0.1, 0.15) is 0 Å². The van der Waals surface area contributed by atoms with Gasteiger partial charge in [0, 0.05) is 32.8 Å². The second-order valence-electron chi connectivity index (χ2n) is 16.3. The van der Waals surface area contributed by atoms with E-state index in [9.17, 15) is 0 Å². The third-order valence-corrected chi connectivity index (χ3v) is 12.8. The molecule has 0 radical (unpaired) electrons. The monoisotopic (exact) mass is 800 g/mol. The molecule has 0 aliphatic heterocycles. The zero-order chi connectivity index (χ0) is 41.4. The number of nitrogens with zero attached hydrogens (tertiary/aromatic N) is 4. The van der Waals surface area contributed by atoms with Crippen LogP contribution in [0.15, 0.2) is 218 Å². The second-order valence-corrected chi connectivity index (χ2v) is 16.3. The van der Waals surface area contributed by atoms with Crippen LogP contribution in [-0.2, 0) is 0 Å². The van der Waals surface area contributed by atoms with E-state index in [2.05, 4.69) is 205 Å². The summed E-state index contributed by atoms with van der Waals surface area (Å²) < 4.78 is 2.48. The normalized spacial score (nSPS) is 12.4. The van der Waals surface area contributed by atoms with E-state index in [0.29, 0.717) is 17.5 Å². The number of hydrogen-bond donors (Lipinski definition) is 0. The summed E-state index contributed by atoms with van der Waals surface area (Å²) in [6.45, 7) is 0. The van der Waals surface area contributed by atoms with Gasteiger partial charge in [0.15, 0.2) is 17.5 Å². The highest BCUT2D eigenvalue weighted by Crippen LogP contribution is 2.50. The molecular formula is C59H36N4. The van der Waals surface area contributed by atoms with Gasteiger partial charge in [-0.15, -0.1) is 0 Å². The lowest BCUT2D eigenvalue weighted by atomic mass is 9.85. The summed E-state index contributed by atoms with van der Waals surface area (Å²) >= 11 is 0. The van der Waals surface area contributed by atoms with Gasteiger partial charge in [0.05, 0.1) is 16.7 Å². The number of aromatic nitrogens is 4. The third kappa shape index (κ3) is 5.52. The molecule has 12 aromatic rings. The van der Waals surface area contributed by atoms with E-state index in [4.69, 9.17) is 15.0 Å². The number of fused-ring (bicyclic) bond motifs is 2. The van der Waals surface area contributed by atoms with Crippen molar-refractivity contribution in [3.63, 3.8) is 0 Å². The van der Waals surface area contributed by atoms with Crippen LogP contribution in [0.4, 0.5) is 0 Å². The first-order valence-electron chi connectivity index (χ1n) is 21.4. The van der Waals surface area contributed by atoms with Crippen molar-refractivity contribution in [1.29, 1.82) is 0 Å². The van der Waals surface area contributed by atoms with Gasteiger partial charge in [-0.2, -0.15) is 0 Å². The van der Waals surface area contributed by atoms with Crippen LogP contribution in [0.1, 0.15) is 22.3 Å². The highest BCUT2D eigenvalue weighted by atomic mass is 15.0. The van der Waals surface area contributed by atoms with Crippen molar-refractivity contribution in [2.45, 2.75) is 0 Å². The molecule has 0 saturated carbocycles. The maximum atomic E-state index is 5.25.